The average molecular weight is 283 g/mol. The summed E-state index contributed by atoms with van der Waals surface area (Å²) >= 11 is 0. The van der Waals surface area contributed by atoms with Crippen LogP contribution in [0.2, 0.25) is 0 Å². The van der Waals surface area contributed by atoms with Gasteiger partial charge in [0.15, 0.2) is 0 Å². The van der Waals surface area contributed by atoms with Gasteiger partial charge in [-0.05, 0) is 12.8 Å². The van der Waals surface area contributed by atoms with Crippen LogP contribution in [0.25, 0.3) is 0 Å². The summed E-state index contributed by atoms with van der Waals surface area (Å²) in [5.74, 6) is -2.75. The normalized spacial score (nSPS) is 10.3. The number of carbonyl (C=O) groups is 2. The van der Waals surface area contributed by atoms with Gasteiger partial charge in [-0.2, -0.15) is 0 Å². The van der Waals surface area contributed by atoms with Crippen LogP contribution in [0, 0.1) is 0 Å². The number of carbonyl (C=O) groups excluding carboxylic acids is 2. The minimum absolute atomic E-state index is 0. The number of rotatable bonds is 6. The summed E-state index contributed by atoms with van der Waals surface area (Å²) in [6.45, 7) is -0.729. The molecule has 0 aliphatic heterocycles. The SMILES string of the molecule is N[C@@H](CCC(=O)[O-])C(=O)[O-].OCC(O)CO.[Na+].[Na+]. The molecule has 0 saturated heterocycles. The van der Waals surface area contributed by atoms with Crippen LogP contribution in [0.3, 0.4) is 0 Å². The Morgan fingerprint density at radius 1 is 1.11 bits per heavy atom. The Labute approximate surface area is 149 Å². The molecule has 5 N–H and O–H groups in total. The van der Waals surface area contributed by atoms with Crippen molar-refractivity contribution in [3.8, 4) is 0 Å². The van der Waals surface area contributed by atoms with Crippen molar-refractivity contribution in [2.75, 3.05) is 13.2 Å². The molecule has 0 aliphatic rings. The number of aliphatic hydroxyl groups is 3. The second kappa shape index (κ2) is 17.8. The first kappa shape index (κ1) is 27.2. The topological polar surface area (TPSA) is 167 Å². The second-order valence-corrected chi connectivity index (χ2v) is 2.86. The third-order valence-electron chi connectivity index (χ3n) is 1.38. The fourth-order valence-corrected chi connectivity index (χ4v) is 0.449. The van der Waals surface area contributed by atoms with Gasteiger partial charge in [0.25, 0.3) is 0 Å². The smallest absolute Gasteiger partial charge is 0.550 e. The van der Waals surface area contributed by atoms with Crippen LogP contribution in [0.5, 0.6) is 0 Å². The molecule has 0 aromatic carbocycles. The van der Waals surface area contributed by atoms with Crippen molar-refractivity contribution in [2.24, 2.45) is 5.73 Å². The van der Waals surface area contributed by atoms with E-state index in [2.05, 4.69) is 0 Å². The van der Waals surface area contributed by atoms with Crippen molar-refractivity contribution in [1.29, 1.82) is 0 Å². The zero-order valence-electron chi connectivity index (χ0n) is 10.5. The van der Waals surface area contributed by atoms with Crippen LogP contribution in [0.1, 0.15) is 12.8 Å². The number of hydrogen-bond donors (Lipinski definition) is 4. The van der Waals surface area contributed by atoms with Crippen LogP contribution in [-0.4, -0.2) is 52.6 Å². The van der Waals surface area contributed by atoms with Crippen LogP contribution < -0.4 is 75.1 Å². The van der Waals surface area contributed by atoms with Gasteiger partial charge in [-0.1, -0.05) is 0 Å². The van der Waals surface area contributed by atoms with Crippen molar-refractivity contribution in [3.05, 3.63) is 0 Å². The number of aliphatic hydroxyl groups excluding tert-OH is 3. The standard InChI is InChI=1S/C5H9NO4.C3H8O3.2Na/c6-3(5(9)10)1-2-4(7)8;4-1-3(6)2-5;;/h3H,1-2,6H2,(H,7,8)(H,9,10);3-6H,1-2H2;;/q;;2*+1/p-2/t3-;;;/m0.../s1. The summed E-state index contributed by atoms with van der Waals surface area (Å²) in [4.78, 5) is 19.6. The van der Waals surface area contributed by atoms with Gasteiger partial charge < -0.3 is 40.9 Å². The first-order valence-electron chi connectivity index (χ1n) is 4.41. The van der Waals surface area contributed by atoms with E-state index in [0.717, 1.165) is 0 Å². The van der Waals surface area contributed by atoms with Crippen molar-refractivity contribution < 1.29 is 94.2 Å². The maximum Gasteiger partial charge on any atom is 1.00 e. The quantitative estimate of drug-likeness (QED) is 0.348. The first-order chi connectivity index (χ1) is 7.34. The predicted octanol–water partition coefficient (Wildman–Crippen LogP) is -11.1. The van der Waals surface area contributed by atoms with Crippen LogP contribution >= 0.6 is 0 Å². The van der Waals surface area contributed by atoms with Gasteiger partial charge in [-0.3, -0.25) is 0 Å². The van der Waals surface area contributed by atoms with Gasteiger partial charge in [0.1, 0.15) is 6.10 Å². The van der Waals surface area contributed by atoms with Crippen molar-refractivity contribution in [1.82, 2.24) is 0 Å². The monoisotopic (exact) mass is 283 g/mol. The van der Waals surface area contributed by atoms with E-state index < -0.39 is 24.1 Å². The maximum absolute atomic E-state index is 9.86. The molecule has 0 saturated carbocycles. The van der Waals surface area contributed by atoms with Gasteiger partial charge >= 0.3 is 59.1 Å². The molecule has 10 heteroatoms. The second-order valence-electron chi connectivity index (χ2n) is 2.86. The van der Waals surface area contributed by atoms with Crippen LogP contribution in [0.4, 0.5) is 0 Å². The minimum Gasteiger partial charge on any atom is -0.550 e. The van der Waals surface area contributed by atoms with E-state index in [-0.39, 0.29) is 85.2 Å². The van der Waals surface area contributed by atoms with E-state index in [4.69, 9.17) is 21.1 Å². The van der Waals surface area contributed by atoms with Crippen LogP contribution in [-0.2, 0) is 9.59 Å². The molecule has 0 amide bonds. The number of carboxylic acid groups (broad SMARTS) is 2. The summed E-state index contributed by atoms with van der Waals surface area (Å²) in [6, 6.07) is -1.21. The average Bonchev–Trinajstić information content (AvgIpc) is 2.25. The molecule has 0 spiro atoms. The molecule has 8 nitrogen and oxygen atoms in total. The van der Waals surface area contributed by atoms with Crippen molar-refractivity contribution in [2.45, 2.75) is 25.0 Å². The number of hydrogen-bond acceptors (Lipinski definition) is 8. The van der Waals surface area contributed by atoms with Gasteiger partial charge in [-0.15, -0.1) is 0 Å². The molecule has 96 valence electrons. The number of carboxylic acids is 2. The summed E-state index contributed by atoms with van der Waals surface area (Å²) in [7, 11) is 0. The van der Waals surface area contributed by atoms with Crippen LogP contribution in [0.15, 0.2) is 0 Å². The molecular weight excluding hydrogens is 268 g/mol. The predicted molar refractivity (Wildman–Crippen MR) is 47.4 cm³/mol. The summed E-state index contributed by atoms with van der Waals surface area (Å²) in [6.07, 6.45) is -1.45. The Morgan fingerprint density at radius 2 is 1.50 bits per heavy atom. The van der Waals surface area contributed by atoms with Gasteiger partial charge in [0.05, 0.1) is 19.2 Å². The molecule has 0 aromatic rings. The molecule has 0 unspecified atom stereocenters. The Morgan fingerprint density at radius 3 is 1.67 bits per heavy atom. The molecule has 0 aliphatic carbocycles. The summed E-state index contributed by atoms with van der Waals surface area (Å²) in [5.41, 5.74) is 4.91. The summed E-state index contributed by atoms with van der Waals surface area (Å²) < 4.78 is 0. The first-order valence-corrected chi connectivity index (χ1v) is 4.41. The molecule has 0 heterocycles. The van der Waals surface area contributed by atoms with E-state index in [1.54, 1.807) is 0 Å². The van der Waals surface area contributed by atoms with E-state index in [1.807, 2.05) is 0 Å². The molecule has 0 rings (SSSR count). The molecule has 0 bridgehead atoms. The third kappa shape index (κ3) is 22.0. The van der Waals surface area contributed by atoms with E-state index in [1.165, 1.54) is 0 Å². The summed E-state index contributed by atoms with van der Waals surface area (Å²) in [5, 5.41) is 43.6. The largest absolute Gasteiger partial charge is 1.00 e. The van der Waals surface area contributed by atoms with E-state index in [9.17, 15) is 19.8 Å². The molecule has 18 heavy (non-hydrogen) atoms. The molecule has 0 fully saturated rings. The van der Waals surface area contributed by atoms with Gasteiger partial charge in [-0.25, -0.2) is 0 Å². The molecule has 0 aromatic heterocycles. The zero-order chi connectivity index (χ0) is 13.1. The molecule has 1 atom stereocenters. The zero-order valence-corrected chi connectivity index (χ0v) is 14.5. The number of aliphatic carboxylic acids is 2. The van der Waals surface area contributed by atoms with E-state index in [0.29, 0.717) is 0 Å². The number of nitrogens with two attached hydrogens (primary N) is 1. The fourth-order valence-electron chi connectivity index (χ4n) is 0.449. The Bertz CT molecular complexity index is 214. The van der Waals surface area contributed by atoms with Crippen molar-refractivity contribution >= 4 is 11.9 Å². The Hall–Kier alpha value is 0.780. The molecule has 0 radical (unpaired) electrons. The fraction of sp³-hybridized carbons (Fsp3) is 0.750. The van der Waals surface area contributed by atoms with Gasteiger partial charge in [0, 0.05) is 12.0 Å². The Balaban J connectivity index is -0.000000108. The third-order valence-corrected chi connectivity index (χ3v) is 1.38. The minimum atomic E-state index is -1.44. The Kier molecular flexibility index (Phi) is 26.8. The molecular formula is C8H15NNa2O7. The van der Waals surface area contributed by atoms with E-state index >= 15 is 0 Å². The van der Waals surface area contributed by atoms with Gasteiger partial charge in [0.2, 0.25) is 0 Å². The maximum atomic E-state index is 9.86. The van der Waals surface area contributed by atoms with Crippen molar-refractivity contribution in [3.63, 3.8) is 0 Å².